The standard InChI is InChI=1S/C16H17F3N2O2/c17-12-3-1-11(2-4-12)7-13(22)21-9-15(5-6-20-14(15)23)8-16(18,19)10-21/h1-4H,5-10H2,(H,20,23). The van der Waals surface area contributed by atoms with Gasteiger partial charge in [-0.25, -0.2) is 13.2 Å². The van der Waals surface area contributed by atoms with E-state index in [9.17, 15) is 22.8 Å². The van der Waals surface area contributed by atoms with Crippen LogP contribution in [-0.2, 0) is 16.0 Å². The van der Waals surface area contributed by atoms with E-state index in [0.717, 1.165) is 4.90 Å². The number of likely N-dealkylation sites (tertiary alicyclic amines) is 1. The zero-order valence-electron chi connectivity index (χ0n) is 12.4. The van der Waals surface area contributed by atoms with Gasteiger partial charge < -0.3 is 10.2 Å². The highest BCUT2D eigenvalue weighted by Crippen LogP contribution is 2.43. The van der Waals surface area contributed by atoms with Crippen LogP contribution in [0.3, 0.4) is 0 Å². The highest BCUT2D eigenvalue weighted by atomic mass is 19.3. The average Bonchev–Trinajstić information content (AvgIpc) is 2.80. The van der Waals surface area contributed by atoms with Gasteiger partial charge in [-0.3, -0.25) is 9.59 Å². The van der Waals surface area contributed by atoms with Gasteiger partial charge in [-0.1, -0.05) is 12.1 Å². The van der Waals surface area contributed by atoms with Crippen molar-refractivity contribution in [2.75, 3.05) is 19.6 Å². The summed E-state index contributed by atoms with van der Waals surface area (Å²) < 4.78 is 41.0. The van der Waals surface area contributed by atoms with E-state index < -0.39 is 41.9 Å². The van der Waals surface area contributed by atoms with Crippen LogP contribution in [-0.4, -0.2) is 42.3 Å². The first kappa shape index (κ1) is 15.8. The number of hydrogen-bond acceptors (Lipinski definition) is 2. The number of amides is 2. The maximum Gasteiger partial charge on any atom is 0.266 e. The molecule has 0 aromatic heterocycles. The minimum absolute atomic E-state index is 0.00838. The topological polar surface area (TPSA) is 49.4 Å². The second-order valence-corrected chi connectivity index (χ2v) is 6.37. The molecule has 7 heteroatoms. The summed E-state index contributed by atoms with van der Waals surface area (Å²) in [5.41, 5.74) is -0.643. The van der Waals surface area contributed by atoms with Crippen molar-refractivity contribution in [1.82, 2.24) is 10.2 Å². The summed E-state index contributed by atoms with van der Waals surface area (Å²) in [4.78, 5) is 25.4. The van der Waals surface area contributed by atoms with Gasteiger partial charge in [0, 0.05) is 19.5 Å². The van der Waals surface area contributed by atoms with Crippen molar-refractivity contribution in [2.45, 2.75) is 25.2 Å². The predicted octanol–water partition coefficient (Wildman–Crippen LogP) is 1.74. The molecule has 23 heavy (non-hydrogen) atoms. The van der Waals surface area contributed by atoms with E-state index in [-0.39, 0.29) is 13.0 Å². The Bertz CT molecular complexity index is 633. The minimum atomic E-state index is -3.08. The minimum Gasteiger partial charge on any atom is -0.356 e. The fourth-order valence-electron chi connectivity index (χ4n) is 3.41. The quantitative estimate of drug-likeness (QED) is 0.900. The summed E-state index contributed by atoms with van der Waals surface area (Å²) in [6.07, 6.45) is -0.304. The molecule has 2 amide bonds. The van der Waals surface area contributed by atoms with Gasteiger partial charge in [-0.2, -0.15) is 0 Å². The lowest BCUT2D eigenvalue weighted by molar-refractivity contribution is -0.159. The van der Waals surface area contributed by atoms with Crippen LogP contribution >= 0.6 is 0 Å². The van der Waals surface area contributed by atoms with Crippen LogP contribution in [0.4, 0.5) is 13.2 Å². The van der Waals surface area contributed by atoms with Crippen molar-refractivity contribution in [2.24, 2.45) is 5.41 Å². The van der Waals surface area contributed by atoms with Gasteiger partial charge >= 0.3 is 0 Å². The first-order valence-electron chi connectivity index (χ1n) is 7.48. The average molecular weight is 326 g/mol. The number of alkyl halides is 2. The second-order valence-electron chi connectivity index (χ2n) is 6.37. The third-order valence-corrected chi connectivity index (χ3v) is 4.50. The molecule has 2 heterocycles. The Morgan fingerprint density at radius 1 is 1.22 bits per heavy atom. The molecule has 1 atom stereocenters. The molecular formula is C16H17F3N2O2. The van der Waals surface area contributed by atoms with Crippen LogP contribution < -0.4 is 5.32 Å². The van der Waals surface area contributed by atoms with E-state index >= 15 is 0 Å². The molecule has 1 aromatic carbocycles. The van der Waals surface area contributed by atoms with Crippen LogP contribution in [0.25, 0.3) is 0 Å². The van der Waals surface area contributed by atoms with Gasteiger partial charge in [-0.15, -0.1) is 0 Å². The Morgan fingerprint density at radius 3 is 2.52 bits per heavy atom. The van der Waals surface area contributed by atoms with Crippen LogP contribution in [0, 0.1) is 11.2 Å². The van der Waals surface area contributed by atoms with Crippen molar-refractivity contribution in [3.8, 4) is 0 Å². The van der Waals surface area contributed by atoms with Gasteiger partial charge in [0.1, 0.15) is 5.82 Å². The lowest BCUT2D eigenvalue weighted by Crippen LogP contribution is -2.57. The van der Waals surface area contributed by atoms with Crippen LogP contribution in [0.15, 0.2) is 24.3 Å². The summed E-state index contributed by atoms with van der Waals surface area (Å²) in [5.74, 6) is -4.39. The Morgan fingerprint density at radius 2 is 1.91 bits per heavy atom. The molecule has 1 spiro atoms. The summed E-state index contributed by atoms with van der Waals surface area (Å²) in [7, 11) is 0. The maximum absolute atomic E-state index is 14.1. The maximum atomic E-state index is 14.1. The number of benzene rings is 1. The lowest BCUT2D eigenvalue weighted by atomic mass is 9.77. The number of halogens is 3. The first-order chi connectivity index (χ1) is 10.8. The lowest BCUT2D eigenvalue weighted by Gasteiger charge is -2.42. The van der Waals surface area contributed by atoms with E-state index in [2.05, 4.69) is 5.32 Å². The molecular weight excluding hydrogens is 309 g/mol. The molecule has 1 unspecified atom stereocenters. The van der Waals surface area contributed by atoms with Crippen molar-refractivity contribution in [3.05, 3.63) is 35.6 Å². The molecule has 4 nitrogen and oxygen atoms in total. The van der Waals surface area contributed by atoms with E-state index in [0.29, 0.717) is 18.5 Å². The summed E-state index contributed by atoms with van der Waals surface area (Å²) in [6.45, 7) is -0.314. The molecule has 0 radical (unpaired) electrons. The zero-order valence-corrected chi connectivity index (χ0v) is 12.4. The normalized spacial score (nSPS) is 26.4. The molecule has 0 bridgehead atoms. The van der Waals surface area contributed by atoms with Crippen molar-refractivity contribution in [1.29, 1.82) is 0 Å². The molecule has 2 aliphatic heterocycles. The van der Waals surface area contributed by atoms with Crippen LogP contribution in [0.5, 0.6) is 0 Å². The molecule has 0 aliphatic carbocycles. The van der Waals surface area contributed by atoms with E-state index in [1.165, 1.54) is 24.3 Å². The third-order valence-electron chi connectivity index (χ3n) is 4.50. The molecule has 1 aromatic rings. The monoisotopic (exact) mass is 326 g/mol. The summed E-state index contributed by atoms with van der Waals surface area (Å²) in [5, 5.41) is 2.58. The highest BCUT2D eigenvalue weighted by molar-refractivity contribution is 5.87. The van der Waals surface area contributed by atoms with Gasteiger partial charge in [0.05, 0.1) is 18.4 Å². The van der Waals surface area contributed by atoms with Crippen LogP contribution in [0.2, 0.25) is 0 Å². The molecule has 2 aliphatic rings. The predicted molar refractivity (Wildman–Crippen MR) is 76.3 cm³/mol. The fourth-order valence-corrected chi connectivity index (χ4v) is 3.41. The molecule has 2 saturated heterocycles. The summed E-state index contributed by atoms with van der Waals surface area (Å²) >= 11 is 0. The second kappa shape index (κ2) is 5.54. The smallest absolute Gasteiger partial charge is 0.266 e. The zero-order chi connectivity index (χ0) is 16.7. The van der Waals surface area contributed by atoms with Crippen molar-refractivity contribution >= 4 is 11.8 Å². The Hall–Kier alpha value is -2.05. The van der Waals surface area contributed by atoms with Crippen molar-refractivity contribution in [3.63, 3.8) is 0 Å². The van der Waals surface area contributed by atoms with E-state index in [1.807, 2.05) is 0 Å². The number of carbonyl (C=O) groups excluding carboxylic acids is 2. The number of hydrogen-bond donors (Lipinski definition) is 1. The first-order valence-corrected chi connectivity index (χ1v) is 7.48. The van der Waals surface area contributed by atoms with Crippen molar-refractivity contribution < 1.29 is 22.8 Å². The Labute approximate surface area is 131 Å². The fraction of sp³-hybridized carbons (Fsp3) is 0.500. The number of nitrogens with zero attached hydrogens (tertiary/aromatic N) is 1. The number of piperidine rings is 1. The molecule has 3 rings (SSSR count). The molecule has 124 valence electrons. The van der Waals surface area contributed by atoms with Gasteiger partial charge in [0.15, 0.2) is 0 Å². The third kappa shape index (κ3) is 3.18. The molecule has 2 fully saturated rings. The van der Waals surface area contributed by atoms with E-state index in [1.54, 1.807) is 0 Å². The number of rotatable bonds is 2. The number of carbonyl (C=O) groups is 2. The van der Waals surface area contributed by atoms with E-state index in [4.69, 9.17) is 0 Å². The Kier molecular flexibility index (Phi) is 3.82. The summed E-state index contributed by atoms with van der Waals surface area (Å²) in [6, 6.07) is 5.35. The van der Waals surface area contributed by atoms with Crippen LogP contribution in [0.1, 0.15) is 18.4 Å². The molecule has 1 N–H and O–H groups in total. The molecule has 0 saturated carbocycles. The largest absolute Gasteiger partial charge is 0.356 e. The van der Waals surface area contributed by atoms with Gasteiger partial charge in [0.25, 0.3) is 5.92 Å². The Balaban J connectivity index is 1.76. The number of nitrogens with one attached hydrogen (secondary N) is 1. The SMILES string of the molecule is O=C(Cc1ccc(F)cc1)N1CC(F)(F)CC2(CCNC2=O)C1. The van der Waals surface area contributed by atoms with Gasteiger partial charge in [-0.05, 0) is 24.1 Å². The highest BCUT2D eigenvalue weighted by Gasteiger charge is 2.55. The van der Waals surface area contributed by atoms with Gasteiger partial charge in [0.2, 0.25) is 11.8 Å².